The summed E-state index contributed by atoms with van der Waals surface area (Å²) >= 11 is 1.98. The Morgan fingerprint density at radius 1 is 1.30 bits per heavy atom. The molecule has 0 bridgehead atoms. The number of carboxylic acid groups (broad SMARTS) is 1. The maximum absolute atomic E-state index is 15.4. The second kappa shape index (κ2) is 13.1. The van der Waals surface area contributed by atoms with Gasteiger partial charge >= 0.3 is 5.97 Å². The number of carbonyl (C=O) groups is 1. The van der Waals surface area contributed by atoms with Gasteiger partial charge in [-0.05, 0) is 86.1 Å². The first-order valence-electron chi connectivity index (χ1n) is 12.1. The number of benzene rings is 1. The van der Waals surface area contributed by atoms with E-state index in [0.717, 1.165) is 49.1 Å². The number of carboxylic acids is 1. The maximum atomic E-state index is 15.4. The highest BCUT2D eigenvalue weighted by molar-refractivity contribution is 7.99. The van der Waals surface area contributed by atoms with E-state index in [1.807, 2.05) is 30.0 Å². The number of rotatable bonds is 13. The van der Waals surface area contributed by atoms with Gasteiger partial charge in [-0.15, -0.1) is 0 Å². The summed E-state index contributed by atoms with van der Waals surface area (Å²) < 4.78 is 20.8. The molecule has 1 N–H and O–H groups in total. The van der Waals surface area contributed by atoms with Crippen LogP contribution in [0, 0.1) is 11.8 Å². The number of halogens is 1. The summed E-state index contributed by atoms with van der Waals surface area (Å²) in [6.45, 7) is 5.20. The molecule has 5 nitrogen and oxygen atoms in total. The number of ether oxygens (including phenoxy) is 1. The number of hydrogen-bond donors (Lipinski definition) is 1. The smallest absolute Gasteiger partial charge is 0.303 e. The van der Waals surface area contributed by atoms with E-state index in [1.165, 1.54) is 12.2 Å². The number of piperidine rings is 1. The summed E-state index contributed by atoms with van der Waals surface area (Å²) in [5, 5.41) is 10.0. The number of aromatic nitrogens is 1. The Balaban J connectivity index is 1.62. The molecule has 1 aliphatic heterocycles. The first-order valence-corrected chi connectivity index (χ1v) is 13.3. The molecule has 3 atom stereocenters. The first-order chi connectivity index (χ1) is 16.0. The molecule has 2 heterocycles. The minimum atomic E-state index is -1.08. The fourth-order valence-electron chi connectivity index (χ4n) is 4.88. The second-order valence-corrected chi connectivity index (χ2v) is 10.2. The van der Waals surface area contributed by atoms with Gasteiger partial charge in [-0.3, -0.25) is 9.78 Å². The van der Waals surface area contributed by atoms with Crippen molar-refractivity contribution in [2.75, 3.05) is 38.2 Å². The van der Waals surface area contributed by atoms with Crippen LogP contribution >= 0.6 is 11.8 Å². The van der Waals surface area contributed by atoms with Crippen LogP contribution in [0.2, 0.25) is 0 Å². The average Bonchev–Trinajstić information content (AvgIpc) is 2.83. The molecule has 0 spiro atoms. The lowest BCUT2D eigenvalue weighted by Crippen LogP contribution is -2.41. The minimum absolute atomic E-state index is 0.188. The molecule has 1 fully saturated rings. The van der Waals surface area contributed by atoms with Gasteiger partial charge < -0.3 is 14.7 Å². The first kappa shape index (κ1) is 25.8. The lowest BCUT2D eigenvalue weighted by atomic mass is 9.79. The summed E-state index contributed by atoms with van der Waals surface area (Å²) in [4.78, 5) is 18.0. The molecule has 1 aliphatic rings. The van der Waals surface area contributed by atoms with E-state index in [1.54, 1.807) is 19.4 Å². The molecule has 1 aromatic heterocycles. The van der Waals surface area contributed by atoms with Crippen molar-refractivity contribution in [3.8, 4) is 5.75 Å². The van der Waals surface area contributed by atoms with E-state index in [-0.39, 0.29) is 6.42 Å². The van der Waals surface area contributed by atoms with E-state index < -0.39 is 12.1 Å². The van der Waals surface area contributed by atoms with Gasteiger partial charge in [0.05, 0.1) is 12.6 Å². The van der Waals surface area contributed by atoms with Crippen molar-refractivity contribution in [3.05, 3.63) is 36.0 Å². The van der Waals surface area contributed by atoms with Crippen LogP contribution in [-0.2, 0) is 4.79 Å². The Morgan fingerprint density at radius 3 is 2.91 bits per heavy atom. The summed E-state index contributed by atoms with van der Waals surface area (Å²) in [5.74, 6) is 2.94. The number of fused-ring (bicyclic) bond motifs is 1. The maximum Gasteiger partial charge on any atom is 0.303 e. The number of nitrogens with zero attached hydrogens (tertiary/aromatic N) is 2. The Labute approximate surface area is 201 Å². The zero-order chi connectivity index (χ0) is 23.6. The van der Waals surface area contributed by atoms with Crippen LogP contribution < -0.4 is 4.74 Å². The van der Waals surface area contributed by atoms with E-state index in [4.69, 9.17) is 4.74 Å². The molecule has 1 aromatic carbocycles. The highest BCUT2D eigenvalue weighted by atomic mass is 32.2. The Hall–Kier alpha value is -1.86. The molecule has 3 rings (SSSR count). The number of pyridine rings is 1. The average molecular weight is 477 g/mol. The molecule has 2 aromatic rings. The number of aliphatic carboxylic acids is 1. The number of alkyl halides is 1. The largest absolute Gasteiger partial charge is 0.497 e. The van der Waals surface area contributed by atoms with Crippen LogP contribution in [0.1, 0.15) is 57.2 Å². The highest BCUT2D eigenvalue weighted by Gasteiger charge is 2.30. The van der Waals surface area contributed by atoms with Gasteiger partial charge in [0.15, 0.2) is 0 Å². The van der Waals surface area contributed by atoms with E-state index >= 15 is 4.39 Å². The van der Waals surface area contributed by atoms with E-state index in [2.05, 4.69) is 16.8 Å². The van der Waals surface area contributed by atoms with Crippen molar-refractivity contribution in [1.82, 2.24) is 9.88 Å². The highest BCUT2D eigenvalue weighted by Crippen LogP contribution is 2.36. The van der Waals surface area contributed by atoms with Gasteiger partial charge in [0.25, 0.3) is 0 Å². The molecule has 1 unspecified atom stereocenters. The fraction of sp³-hybridized carbons (Fsp3) is 0.615. The van der Waals surface area contributed by atoms with E-state index in [0.29, 0.717) is 36.0 Å². The van der Waals surface area contributed by atoms with Crippen molar-refractivity contribution in [2.45, 2.75) is 51.6 Å². The number of methoxy groups -OCH3 is 1. The molecular formula is C26H37FN2O3S. The third kappa shape index (κ3) is 7.57. The summed E-state index contributed by atoms with van der Waals surface area (Å²) in [7, 11) is 1.61. The zero-order valence-corrected chi connectivity index (χ0v) is 20.7. The SMILES string of the molecule is CCCSCCN1CC[C@@H](CCC(F)c2ccnc3ccc(OC)cc23)[C@@H](CCC(=O)O)C1. The Bertz CT molecular complexity index is 897. The van der Waals surface area contributed by atoms with Crippen LogP contribution in [0.4, 0.5) is 4.39 Å². The summed E-state index contributed by atoms with van der Waals surface area (Å²) in [6, 6.07) is 7.33. The molecule has 0 radical (unpaired) electrons. The van der Waals surface area contributed by atoms with E-state index in [9.17, 15) is 9.90 Å². The van der Waals surface area contributed by atoms with Crippen molar-refractivity contribution in [2.24, 2.45) is 11.8 Å². The molecule has 7 heteroatoms. The molecule has 0 aliphatic carbocycles. The van der Waals surface area contributed by atoms with Gasteiger partial charge in [0.1, 0.15) is 11.9 Å². The number of likely N-dealkylation sites (tertiary alicyclic amines) is 1. The quantitative estimate of drug-likeness (QED) is 0.359. The van der Waals surface area contributed by atoms with Gasteiger partial charge in [0.2, 0.25) is 0 Å². The molecule has 0 amide bonds. The third-order valence-corrected chi connectivity index (χ3v) is 7.88. The number of thioether (sulfide) groups is 1. The van der Waals surface area contributed by atoms with Gasteiger partial charge in [-0.25, -0.2) is 4.39 Å². The Morgan fingerprint density at radius 2 is 2.15 bits per heavy atom. The van der Waals surface area contributed by atoms with Crippen molar-refractivity contribution in [1.29, 1.82) is 0 Å². The monoisotopic (exact) mass is 476 g/mol. The summed E-state index contributed by atoms with van der Waals surface area (Å²) in [6.07, 6.45) is 4.87. The van der Waals surface area contributed by atoms with Crippen LogP contribution in [0.15, 0.2) is 30.5 Å². The summed E-state index contributed by atoms with van der Waals surface area (Å²) in [5.41, 5.74) is 1.43. The Kier molecular flexibility index (Phi) is 10.3. The topological polar surface area (TPSA) is 62.7 Å². The van der Waals surface area contributed by atoms with Crippen LogP contribution in [0.5, 0.6) is 5.75 Å². The molecular weight excluding hydrogens is 439 g/mol. The fourth-order valence-corrected chi connectivity index (χ4v) is 5.76. The molecule has 182 valence electrons. The lowest BCUT2D eigenvalue weighted by molar-refractivity contribution is -0.137. The number of hydrogen-bond acceptors (Lipinski definition) is 5. The molecule has 33 heavy (non-hydrogen) atoms. The molecule has 0 saturated carbocycles. The van der Waals surface area contributed by atoms with Gasteiger partial charge in [-0.1, -0.05) is 6.92 Å². The van der Waals surface area contributed by atoms with Crippen LogP contribution in [-0.4, -0.2) is 59.2 Å². The molecule has 1 saturated heterocycles. The predicted octanol–water partition coefficient (Wildman–Crippen LogP) is 5.98. The zero-order valence-electron chi connectivity index (χ0n) is 19.8. The van der Waals surface area contributed by atoms with Gasteiger partial charge in [-0.2, -0.15) is 11.8 Å². The van der Waals surface area contributed by atoms with Crippen molar-refractivity contribution in [3.63, 3.8) is 0 Å². The minimum Gasteiger partial charge on any atom is -0.497 e. The van der Waals surface area contributed by atoms with Gasteiger partial charge in [0, 0.05) is 36.8 Å². The van der Waals surface area contributed by atoms with Crippen molar-refractivity contribution < 1.29 is 19.0 Å². The van der Waals surface area contributed by atoms with Crippen LogP contribution in [0.3, 0.4) is 0 Å². The second-order valence-electron chi connectivity index (χ2n) is 8.98. The normalized spacial score (nSPS) is 20.1. The predicted molar refractivity (Wildman–Crippen MR) is 134 cm³/mol. The third-order valence-electron chi connectivity index (χ3n) is 6.72. The van der Waals surface area contributed by atoms with Crippen LogP contribution in [0.25, 0.3) is 10.9 Å². The standard InChI is InChI=1S/C26H37FN2O3S/c1-3-15-33-16-14-29-13-11-19(20(18-29)5-9-26(30)31)4-7-24(27)22-10-12-28-25-8-6-21(32-2)17-23(22)25/h6,8,10,12,17,19-20,24H,3-5,7,9,11,13-16,18H2,1-2H3,(H,30,31)/t19-,20+,24?/m1/s1. The lowest BCUT2D eigenvalue weighted by Gasteiger charge is -2.39. The van der Waals surface area contributed by atoms with Crippen molar-refractivity contribution >= 4 is 28.6 Å².